The van der Waals surface area contributed by atoms with Crippen molar-refractivity contribution >= 4 is 13.7 Å². The Kier molecular flexibility index (Phi) is 47.2. The van der Waals surface area contributed by atoms with Gasteiger partial charge in [0.15, 0.2) is 0 Å². The summed E-state index contributed by atoms with van der Waals surface area (Å²) in [5, 5.41) is 13.8. The molecular weight excluding hydrogens is 780 g/mol. The lowest BCUT2D eigenvalue weighted by atomic mass is 10.0. The Morgan fingerprint density at radius 2 is 0.902 bits per heavy atom. The van der Waals surface area contributed by atoms with Crippen LogP contribution in [0.3, 0.4) is 0 Å². The number of allylic oxidation sites excluding steroid dienone is 5. The van der Waals surface area contributed by atoms with Gasteiger partial charge in [-0.1, -0.05) is 237 Å². The maximum Gasteiger partial charge on any atom is 0.472 e. The summed E-state index contributed by atoms with van der Waals surface area (Å²) in [6, 6.07) is -0.861. The Bertz CT molecular complexity index is 1050. The van der Waals surface area contributed by atoms with Gasteiger partial charge in [-0.2, -0.15) is 0 Å². The SMILES string of the molecule is CCCCCCC/C=C\C/C=C\CCCCCCCCCCCCCC(=O)NC(COP(=O)(O)OCCN)C(O)/C=C/CCCCCCCCCCCCCCCCCCC. The van der Waals surface area contributed by atoms with Crippen molar-refractivity contribution in [1.29, 1.82) is 0 Å². The smallest absolute Gasteiger partial charge is 0.387 e. The van der Waals surface area contributed by atoms with Gasteiger partial charge in [0.2, 0.25) is 5.91 Å². The number of hydrogen-bond acceptors (Lipinski definition) is 6. The standard InChI is InChI=1S/C52H101N2O6P/c1-3-5-7-9-11-13-15-17-19-21-23-24-25-26-28-30-32-34-36-38-40-42-44-46-52(56)54-50(49-60-61(57,58)59-48-47-53)51(55)45-43-41-39-37-35-33-31-29-27-22-20-18-16-14-12-10-8-6-4-2/h15,17,21,23,43,45,50-51,55H,3-14,16,18-20,22,24-42,44,46-49,53H2,1-2H3,(H,54,56)(H,57,58)/b17-15-,23-21-,45-43+. The lowest BCUT2D eigenvalue weighted by molar-refractivity contribution is -0.123. The number of rotatable bonds is 49. The molecule has 0 aliphatic carbocycles. The molecule has 9 heteroatoms. The molecular formula is C52H101N2O6P. The summed E-state index contributed by atoms with van der Waals surface area (Å²) < 4.78 is 22.2. The van der Waals surface area contributed by atoms with E-state index in [4.69, 9.17) is 14.8 Å². The molecule has 0 spiro atoms. The summed E-state index contributed by atoms with van der Waals surface area (Å²) in [6.45, 7) is 4.16. The number of carbonyl (C=O) groups excluding carboxylic acids is 1. The Morgan fingerprint density at radius 1 is 0.541 bits per heavy atom. The first-order valence-electron chi connectivity index (χ1n) is 26.1. The van der Waals surface area contributed by atoms with Crippen molar-refractivity contribution in [2.45, 2.75) is 270 Å². The van der Waals surface area contributed by atoms with Crippen molar-refractivity contribution in [2.24, 2.45) is 5.73 Å². The van der Waals surface area contributed by atoms with E-state index in [9.17, 15) is 19.4 Å². The van der Waals surface area contributed by atoms with Crippen LogP contribution < -0.4 is 11.1 Å². The van der Waals surface area contributed by atoms with Crippen LogP contribution in [0.5, 0.6) is 0 Å². The molecule has 3 unspecified atom stereocenters. The maximum atomic E-state index is 12.8. The van der Waals surface area contributed by atoms with Crippen LogP contribution in [-0.2, 0) is 18.4 Å². The van der Waals surface area contributed by atoms with Crippen LogP contribution in [0.25, 0.3) is 0 Å². The largest absolute Gasteiger partial charge is 0.472 e. The van der Waals surface area contributed by atoms with Gasteiger partial charge in [0.1, 0.15) is 0 Å². The van der Waals surface area contributed by atoms with Crippen LogP contribution in [-0.4, -0.2) is 47.8 Å². The number of nitrogens with two attached hydrogens (primary N) is 1. The summed E-state index contributed by atoms with van der Waals surface area (Å²) in [5.74, 6) is -0.194. The van der Waals surface area contributed by atoms with E-state index in [1.165, 1.54) is 193 Å². The molecule has 0 rings (SSSR count). The number of hydrogen-bond donors (Lipinski definition) is 4. The van der Waals surface area contributed by atoms with E-state index in [1.807, 2.05) is 6.08 Å². The summed E-state index contributed by atoms with van der Waals surface area (Å²) in [5.41, 5.74) is 5.39. The number of phosphoric acid groups is 1. The van der Waals surface area contributed by atoms with Crippen molar-refractivity contribution in [1.82, 2.24) is 5.32 Å². The molecule has 1 amide bonds. The molecule has 0 saturated carbocycles. The second-order valence-corrected chi connectivity index (χ2v) is 19.2. The monoisotopic (exact) mass is 881 g/mol. The highest BCUT2D eigenvalue weighted by Crippen LogP contribution is 2.43. The average molecular weight is 881 g/mol. The van der Waals surface area contributed by atoms with E-state index >= 15 is 0 Å². The van der Waals surface area contributed by atoms with Crippen LogP contribution in [0, 0.1) is 0 Å². The van der Waals surface area contributed by atoms with Crippen LogP contribution >= 0.6 is 7.82 Å². The fourth-order valence-corrected chi connectivity index (χ4v) is 8.51. The number of nitrogens with one attached hydrogen (secondary N) is 1. The van der Waals surface area contributed by atoms with Crippen molar-refractivity contribution in [3.63, 3.8) is 0 Å². The fourth-order valence-electron chi connectivity index (χ4n) is 7.75. The Labute approximate surface area is 378 Å². The zero-order valence-corrected chi connectivity index (χ0v) is 41.1. The van der Waals surface area contributed by atoms with Crippen molar-refractivity contribution in [3.05, 3.63) is 36.5 Å². The van der Waals surface area contributed by atoms with Crippen molar-refractivity contribution in [3.8, 4) is 0 Å². The third-order valence-corrected chi connectivity index (χ3v) is 12.7. The minimum absolute atomic E-state index is 0.0785. The third-order valence-electron chi connectivity index (χ3n) is 11.7. The van der Waals surface area contributed by atoms with Gasteiger partial charge in [-0.25, -0.2) is 4.57 Å². The Morgan fingerprint density at radius 3 is 1.30 bits per heavy atom. The summed E-state index contributed by atoms with van der Waals surface area (Å²) in [7, 11) is -4.34. The highest BCUT2D eigenvalue weighted by molar-refractivity contribution is 7.47. The predicted octanol–water partition coefficient (Wildman–Crippen LogP) is 15.5. The lowest BCUT2D eigenvalue weighted by Crippen LogP contribution is -2.45. The topological polar surface area (TPSA) is 131 Å². The zero-order chi connectivity index (χ0) is 44.6. The van der Waals surface area contributed by atoms with E-state index in [2.05, 4.69) is 43.5 Å². The first kappa shape index (κ1) is 59.7. The second-order valence-electron chi connectivity index (χ2n) is 17.7. The van der Waals surface area contributed by atoms with E-state index in [0.717, 1.165) is 44.9 Å². The van der Waals surface area contributed by atoms with Crippen molar-refractivity contribution < 1.29 is 28.4 Å². The second kappa shape index (κ2) is 48.2. The molecule has 3 atom stereocenters. The number of phosphoric ester groups is 1. The Hall–Kier alpha value is -1.28. The number of unbranched alkanes of at least 4 members (excludes halogenated alkanes) is 33. The van der Waals surface area contributed by atoms with Crippen LogP contribution in [0.2, 0.25) is 0 Å². The summed E-state index contributed by atoms with van der Waals surface area (Å²) in [4.78, 5) is 22.8. The zero-order valence-electron chi connectivity index (χ0n) is 40.2. The molecule has 61 heavy (non-hydrogen) atoms. The number of carbonyl (C=O) groups is 1. The van der Waals surface area contributed by atoms with E-state index in [-0.39, 0.29) is 25.7 Å². The molecule has 0 aliphatic rings. The molecule has 0 saturated heterocycles. The quantitative estimate of drug-likeness (QED) is 0.0272. The van der Waals surface area contributed by atoms with Gasteiger partial charge in [-0.05, 0) is 51.4 Å². The van der Waals surface area contributed by atoms with Crippen molar-refractivity contribution in [2.75, 3.05) is 19.8 Å². The number of aliphatic hydroxyl groups is 1. The van der Waals surface area contributed by atoms with Crippen LogP contribution in [0.15, 0.2) is 36.5 Å². The summed E-state index contributed by atoms with van der Waals surface area (Å²) >= 11 is 0. The highest BCUT2D eigenvalue weighted by Gasteiger charge is 2.26. The molecule has 0 fully saturated rings. The lowest BCUT2D eigenvalue weighted by Gasteiger charge is -2.23. The number of aliphatic hydroxyl groups excluding tert-OH is 1. The normalized spacial score (nSPS) is 14.1. The molecule has 0 aliphatic heterocycles. The van der Waals surface area contributed by atoms with Gasteiger partial charge >= 0.3 is 7.82 Å². The average Bonchev–Trinajstić information content (AvgIpc) is 3.25. The van der Waals surface area contributed by atoms with E-state index < -0.39 is 20.0 Å². The van der Waals surface area contributed by atoms with Gasteiger partial charge in [-0.3, -0.25) is 13.8 Å². The van der Waals surface area contributed by atoms with Gasteiger partial charge < -0.3 is 21.1 Å². The van der Waals surface area contributed by atoms with Crippen LogP contribution in [0.4, 0.5) is 0 Å². The van der Waals surface area contributed by atoms with Gasteiger partial charge in [-0.15, -0.1) is 0 Å². The number of amides is 1. The van der Waals surface area contributed by atoms with E-state index in [0.29, 0.717) is 6.42 Å². The van der Waals surface area contributed by atoms with Gasteiger partial charge in [0.05, 0.1) is 25.4 Å². The summed E-state index contributed by atoms with van der Waals surface area (Å²) in [6.07, 6.45) is 59.2. The first-order chi connectivity index (χ1) is 29.9. The molecule has 0 radical (unpaired) electrons. The minimum Gasteiger partial charge on any atom is -0.387 e. The van der Waals surface area contributed by atoms with E-state index in [1.54, 1.807) is 6.08 Å². The molecule has 5 N–H and O–H groups in total. The maximum absolute atomic E-state index is 12.8. The fraction of sp³-hybridized carbons (Fsp3) is 0.865. The molecule has 0 aromatic carbocycles. The minimum atomic E-state index is -4.34. The molecule has 360 valence electrons. The predicted molar refractivity (Wildman–Crippen MR) is 263 cm³/mol. The van der Waals surface area contributed by atoms with Gasteiger partial charge in [0, 0.05) is 13.0 Å². The van der Waals surface area contributed by atoms with Crippen LogP contribution in [0.1, 0.15) is 258 Å². The van der Waals surface area contributed by atoms with Gasteiger partial charge in [0.25, 0.3) is 0 Å². The Balaban J connectivity index is 4.08. The molecule has 0 heterocycles. The third kappa shape index (κ3) is 46.5. The molecule has 0 aromatic rings. The molecule has 0 bridgehead atoms. The molecule has 8 nitrogen and oxygen atoms in total. The highest BCUT2D eigenvalue weighted by atomic mass is 31.2. The first-order valence-corrected chi connectivity index (χ1v) is 27.6. The molecule has 0 aromatic heterocycles.